The second-order valence-corrected chi connectivity index (χ2v) is 9.16. The van der Waals surface area contributed by atoms with Crippen molar-refractivity contribution in [3.63, 3.8) is 0 Å². The van der Waals surface area contributed by atoms with Crippen LogP contribution in [0.4, 0.5) is 10.1 Å². The molecular formula is C25H27FN2O4S. The molecule has 0 aliphatic carbocycles. The molecule has 0 aliphatic rings. The second kappa shape index (κ2) is 11.1. The summed E-state index contributed by atoms with van der Waals surface area (Å²) >= 11 is 0. The molecule has 8 heteroatoms. The highest BCUT2D eigenvalue weighted by molar-refractivity contribution is 7.89. The van der Waals surface area contributed by atoms with Crippen LogP contribution in [0.2, 0.25) is 0 Å². The summed E-state index contributed by atoms with van der Waals surface area (Å²) in [6.45, 7) is 4.08. The molecule has 174 valence electrons. The number of hydrogen-bond acceptors (Lipinski definition) is 4. The van der Waals surface area contributed by atoms with Gasteiger partial charge >= 0.3 is 0 Å². The summed E-state index contributed by atoms with van der Waals surface area (Å²) in [4.78, 5) is 12.6. The molecule has 3 rings (SSSR count). The highest BCUT2D eigenvalue weighted by Crippen LogP contribution is 2.25. The van der Waals surface area contributed by atoms with Crippen molar-refractivity contribution in [1.29, 1.82) is 0 Å². The Morgan fingerprint density at radius 1 is 1.00 bits per heavy atom. The third kappa shape index (κ3) is 6.40. The highest BCUT2D eigenvalue weighted by Gasteiger charge is 2.23. The fourth-order valence-corrected chi connectivity index (χ4v) is 4.69. The zero-order chi connectivity index (χ0) is 23.8. The molecule has 33 heavy (non-hydrogen) atoms. The third-order valence-electron chi connectivity index (χ3n) is 5.07. The summed E-state index contributed by atoms with van der Waals surface area (Å²) in [6, 6.07) is 19.1. The maximum atomic E-state index is 14.5. The monoisotopic (exact) mass is 470 g/mol. The molecule has 0 heterocycles. The van der Waals surface area contributed by atoms with Gasteiger partial charge in [-0.25, -0.2) is 17.5 Å². The zero-order valence-electron chi connectivity index (χ0n) is 18.5. The van der Waals surface area contributed by atoms with Gasteiger partial charge in [0, 0.05) is 6.04 Å². The molecule has 1 amide bonds. The summed E-state index contributed by atoms with van der Waals surface area (Å²) in [7, 11) is -3.98. The average molecular weight is 471 g/mol. The molecule has 0 aromatic heterocycles. The van der Waals surface area contributed by atoms with Crippen molar-refractivity contribution in [2.24, 2.45) is 0 Å². The summed E-state index contributed by atoms with van der Waals surface area (Å²) in [5, 5.41) is 2.60. The van der Waals surface area contributed by atoms with E-state index in [2.05, 4.69) is 10.0 Å². The van der Waals surface area contributed by atoms with Crippen LogP contribution in [0.25, 0.3) is 0 Å². The molecule has 0 saturated heterocycles. The molecule has 0 spiro atoms. The predicted molar refractivity (Wildman–Crippen MR) is 127 cm³/mol. The van der Waals surface area contributed by atoms with E-state index in [1.165, 1.54) is 0 Å². The van der Waals surface area contributed by atoms with Gasteiger partial charge in [-0.3, -0.25) is 4.79 Å². The van der Waals surface area contributed by atoms with Gasteiger partial charge in [-0.1, -0.05) is 49.4 Å². The van der Waals surface area contributed by atoms with Crippen molar-refractivity contribution >= 4 is 21.6 Å². The van der Waals surface area contributed by atoms with E-state index in [4.69, 9.17) is 4.74 Å². The lowest BCUT2D eigenvalue weighted by molar-refractivity contribution is 0.102. The first-order valence-corrected chi connectivity index (χ1v) is 12.2. The van der Waals surface area contributed by atoms with Gasteiger partial charge in [-0.2, -0.15) is 0 Å². The maximum absolute atomic E-state index is 14.5. The van der Waals surface area contributed by atoms with Gasteiger partial charge in [0.2, 0.25) is 10.0 Å². The molecule has 1 atom stereocenters. The van der Waals surface area contributed by atoms with E-state index >= 15 is 0 Å². The van der Waals surface area contributed by atoms with Crippen LogP contribution in [0.3, 0.4) is 0 Å². The number of amides is 1. The SMILES string of the molecule is CCOc1ccccc1NC(=O)c1cc(S(=O)(=O)NC(CC)Cc2ccccc2)ccc1F. The molecule has 6 nitrogen and oxygen atoms in total. The minimum atomic E-state index is -3.98. The Labute approximate surface area is 193 Å². The lowest BCUT2D eigenvalue weighted by atomic mass is 10.1. The topological polar surface area (TPSA) is 84.5 Å². The number of halogens is 1. The highest BCUT2D eigenvalue weighted by atomic mass is 32.2. The van der Waals surface area contributed by atoms with Gasteiger partial charge in [0.25, 0.3) is 5.91 Å². The minimum absolute atomic E-state index is 0.182. The van der Waals surface area contributed by atoms with E-state index in [1.54, 1.807) is 31.2 Å². The first-order valence-electron chi connectivity index (χ1n) is 10.7. The van der Waals surface area contributed by atoms with E-state index in [-0.39, 0.29) is 16.5 Å². The Balaban J connectivity index is 1.81. The Morgan fingerprint density at radius 3 is 2.39 bits per heavy atom. The van der Waals surface area contributed by atoms with Gasteiger partial charge in [-0.05, 0) is 55.7 Å². The molecule has 0 saturated carbocycles. The van der Waals surface area contributed by atoms with Crippen molar-refractivity contribution in [3.05, 3.63) is 89.7 Å². The van der Waals surface area contributed by atoms with Crippen LogP contribution >= 0.6 is 0 Å². The number of rotatable bonds is 10. The molecular weight excluding hydrogens is 443 g/mol. The molecule has 0 aliphatic heterocycles. The van der Waals surface area contributed by atoms with Crippen LogP contribution in [-0.2, 0) is 16.4 Å². The van der Waals surface area contributed by atoms with E-state index in [0.29, 0.717) is 30.9 Å². The van der Waals surface area contributed by atoms with Gasteiger partial charge in [0.05, 0.1) is 22.8 Å². The van der Waals surface area contributed by atoms with Crippen molar-refractivity contribution in [1.82, 2.24) is 4.72 Å². The Hall–Kier alpha value is -3.23. The maximum Gasteiger partial charge on any atom is 0.258 e. The molecule has 3 aromatic rings. The summed E-state index contributed by atoms with van der Waals surface area (Å²) in [5.74, 6) is -1.16. The van der Waals surface area contributed by atoms with E-state index in [0.717, 1.165) is 23.8 Å². The fraction of sp³-hybridized carbons (Fsp3) is 0.240. The number of carbonyl (C=O) groups is 1. The summed E-state index contributed by atoms with van der Waals surface area (Å²) in [5.41, 5.74) is 0.989. The van der Waals surface area contributed by atoms with Gasteiger partial charge in [-0.15, -0.1) is 0 Å². The quantitative estimate of drug-likeness (QED) is 0.447. The van der Waals surface area contributed by atoms with Gasteiger partial charge < -0.3 is 10.1 Å². The number of para-hydroxylation sites is 2. The Bertz CT molecular complexity index is 1200. The second-order valence-electron chi connectivity index (χ2n) is 7.44. The molecule has 1 unspecified atom stereocenters. The molecule has 0 fully saturated rings. The molecule has 3 aromatic carbocycles. The van der Waals surface area contributed by atoms with Crippen LogP contribution in [0.1, 0.15) is 36.2 Å². The lowest BCUT2D eigenvalue weighted by Crippen LogP contribution is -2.36. The number of benzene rings is 3. The van der Waals surface area contributed by atoms with Gasteiger partial charge in [0.1, 0.15) is 11.6 Å². The standard InChI is InChI=1S/C25H27FN2O4S/c1-3-19(16-18-10-6-5-7-11-18)28-33(30,31)20-14-15-22(26)21(17-20)25(29)27-23-12-8-9-13-24(23)32-4-2/h5-15,17,19,28H,3-4,16H2,1-2H3,(H,27,29). The first-order chi connectivity index (χ1) is 15.8. The van der Waals surface area contributed by atoms with Crippen LogP contribution in [0, 0.1) is 5.82 Å². The molecule has 0 radical (unpaired) electrons. The van der Waals surface area contributed by atoms with Crippen molar-refractivity contribution in [2.75, 3.05) is 11.9 Å². The third-order valence-corrected chi connectivity index (χ3v) is 6.59. The fourth-order valence-electron chi connectivity index (χ4n) is 3.34. The Kier molecular flexibility index (Phi) is 8.19. The van der Waals surface area contributed by atoms with Crippen molar-refractivity contribution in [3.8, 4) is 5.75 Å². The lowest BCUT2D eigenvalue weighted by Gasteiger charge is -2.18. The van der Waals surface area contributed by atoms with Gasteiger partial charge in [0.15, 0.2) is 0 Å². The smallest absolute Gasteiger partial charge is 0.258 e. The summed E-state index contributed by atoms with van der Waals surface area (Å²) in [6.07, 6.45) is 1.08. The number of hydrogen-bond donors (Lipinski definition) is 2. The van der Waals surface area contributed by atoms with Crippen LogP contribution in [0.15, 0.2) is 77.7 Å². The Morgan fingerprint density at radius 2 is 1.70 bits per heavy atom. The number of ether oxygens (including phenoxy) is 1. The van der Waals surface area contributed by atoms with Crippen LogP contribution in [-0.4, -0.2) is 27.0 Å². The number of sulfonamides is 1. The van der Waals surface area contributed by atoms with E-state index < -0.39 is 21.7 Å². The van der Waals surface area contributed by atoms with Crippen LogP contribution < -0.4 is 14.8 Å². The number of nitrogens with one attached hydrogen (secondary N) is 2. The van der Waals surface area contributed by atoms with E-state index in [1.807, 2.05) is 37.3 Å². The molecule has 0 bridgehead atoms. The largest absolute Gasteiger partial charge is 0.492 e. The normalized spacial score (nSPS) is 12.2. The predicted octanol–water partition coefficient (Wildman–Crippen LogP) is 4.78. The average Bonchev–Trinajstić information content (AvgIpc) is 2.80. The number of anilines is 1. The summed E-state index contributed by atoms with van der Waals surface area (Å²) < 4.78 is 48.6. The number of carbonyl (C=O) groups excluding carboxylic acids is 1. The molecule has 2 N–H and O–H groups in total. The van der Waals surface area contributed by atoms with Crippen molar-refractivity contribution < 1.29 is 22.3 Å². The zero-order valence-corrected chi connectivity index (χ0v) is 19.4. The first kappa shape index (κ1) is 24.4. The van der Waals surface area contributed by atoms with E-state index in [9.17, 15) is 17.6 Å². The van der Waals surface area contributed by atoms with Crippen LogP contribution in [0.5, 0.6) is 5.75 Å². The minimum Gasteiger partial charge on any atom is -0.492 e. The van der Waals surface area contributed by atoms with Crippen molar-refractivity contribution in [2.45, 2.75) is 37.6 Å².